The molecule has 3 nitrogen and oxygen atoms in total. The Morgan fingerprint density at radius 3 is 2.89 bits per heavy atom. The Bertz CT molecular complexity index is 454. The summed E-state index contributed by atoms with van der Waals surface area (Å²) in [7, 11) is 0. The SMILES string of the molecule is CC1(C)CCC(Nc2cccc(CCC(=O)O)c2)C1. The monoisotopic (exact) mass is 261 g/mol. The maximum atomic E-state index is 10.6. The minimum atomic E-state index is -0.740. The van der Waals surface area contributed by atoms with Gasteiger partial charge in [0, 0.05) is 18.2 Å². The van der Waals surface area contributed by atoms with Crippen LogP contribution in [0, 0.1) is 5.41 Å². The minimum absolute atomic E-state index is 0.194. The molecule has 0 radical (unpaired) electrons. The van der Waals surface area contributed by atoms with Gasteiger partial charge in [-0.1, -0.05) is 26.0 Å². The molecule has 0 heterocycles. The average Bonchev–Trinajstić information content (AvgIpc) is 2.66. The Hall–Kier alpha value is -1.51. The van der Waals surface area contributed by atoms with Gasteiger partial charge >= 0.3 is 5.97 Å². The molecule has 1 aliphatic rings. The van der Waals surface area contributed by atoms with E-state index in [0.29, 0.717) is 17.9 Å². The summed E-state index contributed by atoms with van der Waals surface area (Å²) in [5.41, 5.74) is 2.65. The third-order valence-electron chi connectivity index (χ3n) is 3.89. The molecule has 2 N–H and O–H groups in total. The van der Waals surface area contributed by atoms with Crippen molar-refractivity contribution < 1.29 is 9.90 Å². The van der Waals surface area contributed by atoms with Crippen LogP contribution in [0.4, 0.5) is 5.69 Å². The van der Waals surface area contributed by atoms with Crippen molar-refractivity contribution in [2.75, 3.05) is 5.32 Å². The molecular weight excluding hydrogens is 238 g/mol. The molecule has 2 rings (SSSR count). The van der Waals surface area contributed by atoms with Crippen molar-refractivity contribution in [2.45, 2.75) is 52.0 Å². The molecule has 1 aromatic rings. The van der Waals surface area contributed by atoms with Gasteiger partial charge in [-0.05, 0) is 48.8 Å². The van der Waals surface area contributed by atoms with E-state index in [1.54, 1.807) is 0 Å². The second kappa shape index (κ2) is 5.64. The quantitative estimate of drug-likeness (QED) is 0.849. The third-order valence-corrected chi connectivity index (χ3v) is 3.89. The highest BCUT2D eigenvalue weighted by molar-refractivity contribution is 5.67. The first-order valence-corrected chi connectivity index (χ1v) is 7.02. The number of hydrogen-bond acceptors (Lipinski definition) is 2. The Kier molecular flexibility index (Phi) is 4.13. The maximum Gasteiger partial charge on any atom is 0.303 e. The molecule has 3 heteroatoms. The average molecular weight is 261 g/mol. The fraction of sp³-hybridized carbons (Fsp3) is 0.562. The second-order valence-corrected chi connectivity index (χ2v) is 6.34. The number of carboxylic acid groups (broad SMARTS) is 1. The first-order valence-electron chi connectivity index (χ1n) is 7.02. The number of aryl methyl sites for hydroxylation is 1. The van der Waals surface area contributed by atoms with E-state index >= 15 is 0 Å². The minimum Gasteiger partial charge on any atom is -0.481 e. The molecule has 19 heavy (non-hydrogen) atoms. The van der Waals surface area contributed by atoms with Gasteiger partial charge in [-0.3, -0.25) is 4.79 Å². The van der Waals surface area contributed by atoms with E-state index in [0.717, 1.165) is 11.3 Å². The summed E-state index contributed by atoms with van der Waals surface area (Å²) >= 11 is 0. The molecule has 104 valence electrons. The zero-order valence-electron chi connectivity index (χ0n) is 11.8. The van der Waals surface area contributed by atoms with Gasteiger partial charge in [-0.15, -0.1) is 0 Å². The van der Waals surface area contributed by atoms with Crippen molar-refractivity contribution >= 4 is 11.7 Å². The van der Waals surface area contributed by atoms with Crippen molar-refractivity contribution in [3.8, 4) is 0 Å². The largest absolute Gasteiger partial charge is 0.481 e. The summed E-state index contributed by atoms with van der Waals surface area (Å²) in [5.74, 6) is -0.740. The summed E-state index contributed by atoms with van der Waals surface area (Å²) in [4.78, 5) is 10.6. The van der Waals surface area contributed by atoms with E-state index in [4.69, 9.17) is 5.11 Å². The summed E-state index contributed by atoms with van der Waals surface area (Å²) in [5, 5.41) is 12.3. The van der Waals surface area contributed by atoms with Crippen LogP contribution in [0.1, 0.15) is 45.1 Å². The van der Waals surface area contributed by atoms with Gasteiger partial charge in [-0.25, -0.2) is 0 Å². The number of benzene rings is 1. The standard InChI is InChI=1S/C16H23NO2/c1-16(2)9-8-14(11-16)17-13-5-3-4-12(10-13)6-7-15(18)19/h3-5,10,14,17H,6-9,11H2,1-2H3,(H,18,19). The molecule has 1 fully saturated rings. The smallest absolute Gasteiger partial charge is 0.303 e. The van der Waals surface area contributed by atoms with Crippen LogP contribution >= 0.6 is 0 Å². The van der Waals surface area contributed by atoms with Crippen molar-refractivity contribution in [3.63, 3.8) is 0 Å². The van der Waals surface area contributed by atoms with E-state index in [2.05, 4.69) is 31.3 Å². The molecule has 0 amide bonds. The highest BCUT2D eigenvalue weighted by atomic mass is 16.4. The molecule has 0 aliphatic heterocycles. The van der Waals surface area contributed by atoms with Crippen LogP contribution in [-0.4, -0.2) is 17.1 Å². The van der Waals surface area contributed by atoms with Crippen molar-refractivity contribution in [2.24, 2.45) is 5.41 Å². The normalized spacial score (nSPS) is 21.3. The summed E-state index contributed by atoms with van der Waals surface area (Å²) in [6, 6.07) is 8.68. The summed E-state index contributed by atoms with van der Waals surface area (Å²) < 4.78 is 0. The Morgan fingerprint density at radius 1 is 1.47 bits per heavy atom. The molecule has 0 spiro atoms. The van der Waals surface area contributed by atoms with Gasteiger partial charge in [-0.2, -0.15) is 0 Å². The molecule has 1 unspecified atom stereocenters. The fourth-order valence-electron chi connectivity index (χ4n) is 2.86. The Morgan fingerprint density at radius 2 is 2.26 bits per heavy atom. The van der Waals surface area contributed by atoms with Crippen molar-refractivity contribution in [1.29, 1.82) is 0 Å². The highest BCUT2D eigenvalue weighted by Gasteiger charge is 2.30. The molecule has 0 aromatic heterocycles. The van der Waals surface area contributed by atoms with Crippen LogP contribution in [0.15, 0.2) is 24.3 Å². The topological polar surface area (TPSA) is 49.3 Å². The van der Waals surface area contributed by atoms with E-state index in [-0.39, 0.29) is 6.42 Å². The maximum absolute atomic E-state index is 10.6. The van der Waals surface area contributed by atoms with Crippen LogP contribution in [-0.2, 0) is 11.2 Å². The molecule has 0 bridgehead atoms. The van der Waals surface area contributed by atoms with E-state index in [1.807, 2.05) is 12.1 Å². The van der Waals surface area contributed by atoms with Crippen LogP contribution in [0.25, 0.3) is 0 Å². The van der Waals surface area contributed by atoms with Crippen LogP contribution in [0.2, 0.25) is 0 Å². The molecule has 1 saturated carbocycles. The van der Waals surface area contributed by atoms with Crippen LogP contribution in [0.5, 0.6) is 0 Å². The summed E-state index contributed by atoms with van der Waals surface area (Å²) in [6.45, 7) is 4.63. The fourth-order valence-corrected chi connectivity index (χ4v) is 2.86. The molecule has 1 aromatic carbocycles. The van der Waals surface area contributed by atoms with Gasteiger partial charge in [0.1, 0.15) is 0 Å². The zero-order chi connectivity index (χ0) is 13.9. The first-order chi connectivity index (χ1) is 8.94. The van der Waals surface area contributed by atoms with E-state index < -0.39 is 5.97 Å². The molecular formula is C16H23NO2. The lowest BCUT2D eigenvalue weighted by Crippen LogP contribution is -2.17. The summed E-state index contributed by atoms with van der Waals surface area (Å²) in [6.07, 6.45) is 4.48. The predicted molar refractivity (Wildman–Crippen MR) is 77.4 cm³/mol. The Balaban J connectivity index is 1.94. The first kappa shape index (κ1) is 13.9. The number of nitrogens with one attached hydrogen (secondary N) is 1. The van der Waals surface area contributed by atoms with Crippen LogP contribution < -0.4 is 5.32 Å². The van der Waals surface area contributed by atoms with Crippen molar-refractivity contribution in [1.82, 2.24) is 0 Å². The molecule has 1 aliphatic carbocycles. The number of rotatable bonds is 5. The van der Waals surface area contributed by atoms with Crippen molar-refractivity contribution in [3.05, 3.63) is 29.8 Å². The highest BCUT2D eigenvalue weighted by Crippen LogP contribution is 2.38. The lowest BCUT2D eigenvalue weighted by atomic mass is 9.92. The number of aliphatic carboxylic acids is 1. The zero-order valence-corrected chi connectivity index (χ0v) is 11.8. The van der Waals surface area contributed by atoms with Gasteiger partial charge in [0.25, 0.3) is 0 Å². The van der Waals surface area contributed by atoms with Crippen LogP contribution in [0.3, 0.4) is 0 Å². The number of carbonyl (C=O) groups is 1. The van der Waals surface area contributed by atoms with E-state index in [9.17, 15) is 4.79 Å². The molecule has 0 saturated heterocycles. The lowest BCUT2D eigenvalue weighted by Gasteiger charge is -2.19. The third kappa shape index (κ3) is 4.27. The predicted octanol–water partition coefficient (Wildman–Crippen LogP) is 3.69. The number of carboxylic acids is 1. The number of anilines is 1. The van der Waals surface area contributed by atoms with Gasteiger partial charge in [0.2, 0.25) is 0 Å². The lowest BCUT2D eigenvalue weighted by molar-refractivity contribution is -0.136. The van der Waals surface area contributed by atoms with Gasteiger partial charge in [0.15, 0.2) is 0 Å². The number of hydrogen-bond donors (Lipinski definition) is 2. The Labute approximate surface area is 115 Å². The molecule has 1 atom stereocenters. The van der Waals surface area contributed by atoms with E-state index in [1.165, 1.54) is 19.3 Å². The van der Waals surface area contributed by atoms with Gasteiger partial charge in [0.05, 0.1) is 0 Å². The second-order valence-electron chi connectivity index (χ2n) is 6.34. The van der Waals surface area contributed by atoms with Gasteiger partial charge < -0.3 is 10.4 Å².